The zero-order valence-corrected chi connectivity index (χ0v) is 16.2. The number of carbonyl (C=O) groups is 2. The van der Waals surface area contributed by atoms with Gasteiger partial charge in [0.05, 0.1) is 7.11 Å². The number of benzene rings is 1. The van der Waals surface area contributed by atoms with E-state index >= 15 is 0 Å². The van der Waals surface area contributed by atoms with Gasteiger partial charge in [0.1, 0.15) is 11.7 Å². The van der Waals surface area contributed by atoms with E-state index < -0.39 is 0 Å². The molecule has 0 bridgehead atoms. The average molecular weight is 404 g/mol. The minimum Gasteiger partial charge on any atom is -0.469 e. The number of anilines is 2. The molecule has 3 N–H and O–H groups in total. The molecule has 148 valence electrons. The molecule has 2 amide bonds. The predicted molar refractivity (Wildman–Crippen MR) is 109 cm³/mol. The number of aromatic nitrogens is 1. The smallest absolute Gasteiger partial charge is 0.330 e. The zero-order valence-electron chi connectivity index (χ0n) is 15.4. The van der Waals surface area contributed by atoms with E-state index in [-0.39, 0.29) is 30.2 Å². The topological polar surface area (TPSA) is 113 Å². The molecule has 8 nitrogen and oxygen atoms in total. The van der Waals surface area contributed by atoms with Crippen molar-refractivity contribution in [2.75, 3.05) is 30.0 Å². The Morgan fingerprint density at radius 1 is 1.18 bits per heavy atom. The van der Waals surface area contributed by atoms with Gasteiger partial charge in [-0.15, -0.1) is 12.4 Å². The number of nitrogens with one attached hydrogen (secondary N) is 1. The number of aryl methyl sites for hydroxylation is 1. The number of nitrogen functional groups attached to an aromatic ring is 1. The first-order valence-electron chi connectivity index (χ1n) is 8.55. The first-order valence-corrected chi connectivity index (χ1v) is 8.55. The fraction of sp³-hybridized carbons (Fsp3) is 0.263. The van der Waals surface area contributed by atoms with E-state index in [1.165, 1.54) is 13.3 Å². The van der Waals surface area contributed by atoms with E-state index in [4.69, 9.17) is 11.1 Å². The van der Waals surface area contributed by atoms with Crippen molar-refractivity contribution in [3.63, 3.8) is 0 Å². The van der Waals surface area contributed by atoms with Gasteiger partial charge in [0.15, 0.2) is 0 Å². The molecule has 1 aliphatic rings. The number of nitrogens with zero attached hydrogens (tertiary/aromatic N) is 3. The Hall–Kier alpha value is -3.13. The molecule has 1 fully saturated rings. The van der Waals surface area contributed by atoms with E-state index in [0.29, 0.717) is 37.3 Å². The number of urea groups is 1. The second-order valence-electron chi connectivity index (χ2n) is 6.15. The maximum atomic E-state index is 12.7. The Kier molecular flexibility index (Phi) is 6.94. The second-order valence-corrected chi connectivity index (χ2v) is 6.15. The fourth-order valence-electron chi connectivity index (χ4n) is 2.89. The number of carbonyl (C=O) groups excluding carboxylic acids is 2. The molecule has 1 saturated heterocycles. The van der Waals surface area contributed by atoms with Crippen LogP contribution in [-0.4, -0.2) is 43.0 Å². The minimum atomic E-state index is -0.243. The molecule has 28 heavy (non-hydrogen) atoms. The molecule has 0 spiro atoms. The third-order valence-corrected chi connectivity index (χ3v) is 4.44. The van der Waals surface area contributed by atoms with Crippen LogP contribution in [0.2, 0.25) is 0 Å². The van der Waals surface area contributed by atoms with E-state index in [2.05, 4.69) is 9.72 Å². The molecule has 0 radical (unpaired) electrons. The quantitative estimate of drug-likeness (QED) is 0.436. The summed E-state index contributed by atoms with van der Waals surface area (Å²) in [5, 5.41) is 7.40. The summed E-state index contributed by atoms with van der Waals surface area (Å²) >= 11 is 0. The average Bonchev–Trinajstić information content (AvgIpc) is 3.08. The van der Waals surface area contributed by atoms with E-state index in [1.807, 2.05) is 24.3 Å². The summed E-state index contributed by atoms with van der Waals surface area (Å²) < 4.78 is 4.64. The summed E-state index contributed by atoms with van der Waals surface area (Å²) in [5.41, 5.74) is 7.75. The maximum Gasteiger partial charge on any atom is 0.330 e. The van der Waals surface area contributed by atoms with Crippen LogP contribution >= 0.6 is 12.4 Å². The van der Waals surface area contributed by atoms with Crippen LogP contribution in [0.25, 0.3) is 0 Å². The highest BCUT2D eigenvalue weighted by Gasteiger charge is 2.31. The largest absolute Gasteiger partial charge is 0.469 e. The normalized spacial score (nSPS) is 13.2. The van der Waals surface area contributed by atoms with Crippen molar-refractivity contribution in [2.45, 2.75) is 12.8 Å². The molecule has 0 atom stereocenters. The van der Waals surface area contributed by atoms with Crippen LogP contribution < -0.4 is 15.5 Å². The lowest BCUT2D eigenvalue weighted by atomic mass is 10.1. The van der Waals surface area contributed by atoms with Crippen molar-refractivity contribution in [2.24, 2.45) is 5.73 Å². The Morgan fingerprint density at radius 3 is 2.43 bits per heavy atom. The van der Waals surface area contributed by atoms with Crippen molar-refractivity contribution in [1.29, 1.82) is 5.41 Å². The summed E-state index contributed by atoms with van der Waals surface area (Å²) in [7, 11) is 1.37. The highest BCUT2D eigenvalue weighted by Crippen LogP contribution is 2.24. The van der Waals surface area contributed by atoms with Crippen molar-refractivity contribution in [3.8, 4) is 0 Å². The van der Waals surface area contributed by atoms with Gasteiger partial charge in [0.25, 0.3) is 0 Å². The number of hydrogen-bond donors (Lipinski definition) is 2. The number of hydrogen-bond acceptors (Lipinski definition) is 5. The monoisotopic (exact) mass is 403 g/mol. The van der Waals surface area contributed by atoms with Crippen LogP contribution in [0.1, 0.15) is 17.5 Å². The lowest BCUT2D eigenvalue weighted by Crippen LogP contribution is -2.32. The van der Waals surface area contributed by atoms with Crippen LogP contribution in [-0.2, 0) is 16.0 Å². The molecule has 3 rings (SSSR count). The van der Waals surface area contributed by atoms with Crippen LogP contribution in [0.15, 0.2) is 42.6 Å². The van der Waals surface area contributed by atoms with Gasteiger partial charge in [-0.2, -0.15) is 0 Å². The number of nitrogens with two attached hydrogens (primary N) is 1. The van der Waals surface area contributed by atoms with Gasteiger partial charge in [-0.3, -0.25) is 20.0 Å². The van der Waals surface area contributed by atoms with Crippen molar-refractivity contribution in [1.82, 2.24) is 4.98 Å². The Balaban J connectivity index is 0.00000280. The third kappa shape index (κ3) is 4.58. The van der Waals surface area contributed by atoms with Crippen molar-refractivity contribution >= 4 is 41.7 Å². The summed E-state index contributed by atoms with van der Waals surface area (Å²) in [5.74, 6) is 0.227. The standard InChI is InChI=1S/C19H21N5O3.ClH/c1-27-17(25)9-4-13-2-6-15(7-3-13)23-10-11-24(19(23)26)16-8-5-14(12-22-16)18(20)21;/h2-3,5-8,12H,4,9-11H2,1H3,(H3,20,21);1H. The van der Waals surface area contributed by atoms with Gasteiger partial charge in [-0.05, 0) is 36.2 Å². The first kappa shape index (κ1) is 21.2. The Labute approximate surface area is 169 Å². The van der Waals surface area contributed by atoms with Gasteiger partial charge < -0.3 is 10.5 Å². The molecule has 0 saturated carbocycles. The molecule has 0 aliphatic carbocycles. The van der Waals surface area contributed by atoms with Gasteiger partial charge in [0, 0.05) is 37.0 Å². The molecule has 9 heteroatoms. The van der Waals surface area contributed by atoms with Crippen molar-refractivity contribution < 1.29 is 14.3 Å². The van der Waals surface area contributed by atoms with Gasteiger partial charge in [0.2, 0.25) is 0 Å². The van der Waals surface area contributed by atoms with Gasteiger partial charge in [-0.25, -0.2) is 9.78 Å². The highest BCUT2D eigenvalue weighted by atomic mass is 35.5. The number of rotatable bonds is 6. The number of methoxy groups -OCH3 is 1. The third-order valence-electron chi connectivity index (χ3n) is 4.44. The number of amides is 2. The van der Waals surface area contributed by atoms with Gasteiger partial charge in [-0.1, -0.05) is 12.1 Å². The SMILES string of the molecule is COC(=O)CCc1ccc(N2CCN(c3ccc(C(=N)N)cn3)C2=O)cc1.Cl. The van der Waals surface area contributed by atoms with Crippen LogP contribution in [0.3, 0.4) is 0 Å². The molecule has 1 aliphatic heterocycles. The summed E-state index contributed by atoms with van der Waals surface area (Å²) in [6.45, 7) is 1.08. The van der Waals surface area contributed by atoms with Crippen molar-refractivity contribution in [3.05, 3.63) is 53.7 Å². The van der Waals surface area contributed by atoms with E-state index in [1.54, 1.807) is 21.9 Å². The molecule has 2 heterocycles. The molecule has 0 unspecified atom stereocenters. The van der Waals surface area contributed by atoms with Crippen LogP contribution in [0.5, 0.6) is 0 Å². The predicted octanol–water partition coefficient (Wildman–Crippen LogP) is 2.34. The molecule has 1 aromatic carbocycles. The zero-order chi connectivity index (χ0) is 19.4. The molecule has 1 aromatic heterocycles. The molecule has 2 aromatic rings. The Bertz CT molecular complexity index is 855. The number of halogens is 1. The first-order chi connectivity index (χ1) is 13.0. The second kappa shape index (κ2) is 9.18. The molecular weight excluding hydrogens is 382 g/mol. The summed E-state index contributed by atoms with van der Waals surface area (Å²) in [4.78, 5) is 31.5. The summed E-state index contributed by atoms with van der Waals surface area (Å²) in [6.07, 6.45) is 2.41. The highest BCUT2D eigenvalue weighted by molar-refractivity contribution is 6.05. The number of pyridine rings is 1. The summed E-state index contributed by atoms with van der Waals surface area (Å²) in [6, 6.07) is 10.8. The minimum absolute atomic E-state index is 0. The number of amidine groups is 1. The van der Waals surface area contributed by atoms with E-state index in [0.717, 1.165) is 11.3 Å². The van der Waals surface area contributed by atoms with E-state index in [9.17, 15) is 9.59 Å². The Morgan fingerprint density at radius 2 is 1.86 bits per heavy atom. The fourth-order valence-corrected chi connectivity index (χ4v) is 2.89. The maximum absolute atomic E-state index is 12.7. The molecular formula is C19H22ClN5O3. The van der Waals surface area contributed by atoms with Crippen LogP contribution in [0, 0.1) is 5.41 Å². The van der Waals surface area contributed by atoms with Gasteiger partial charge >= 0.3 is 12.0 Å². The number of esters is 1. The lowest BCUT2D eigenvalue weighted by Gasteiger charge is -2.18. The lowest BCUT2D eigenvalue weighted by molar-refractivity contribution is -0.140. The number of ether oxygens (including phenoxy) is 1. The van der Waals surface area contributed by atoms with Crippen LogP contribution in [0.4, 0.5) is 16.3 Å².